The van der Waals surface area contributed by atoms with Gasteiger partial charge in [0.2, 0.25) is 0 Å². The Bertz CT molecular complexity index is 773. The fourth-order valence-electron chi connectivity index (χ4n) is 2.44. The molecule has 0 amide bonds. The summed E-state index contributed by atoms with van der Waals surface area (Å²) in [6.45, 7) is 2.17. The number of unbranched alkanes of at least 4 members (excludes halogenated alkanes) is 3. The molecule has 0 unspecified atom stereocenters. The Morgan fingerprint density at radius 3 is 2.32 bits per heavy atom. The SMILES string of the molecule is CCCCCCc1ccc(Oc2cccc([O-])c2S(=O)(=O)O)cc1.[Na+]. The van der Waals surface area contributed by atoms with E-state index in [1.807, 2.05) is 12.1 Å². The van der Waals surface area contributed by atoms with Gasteiger partial charge < -0.3 is 9.84 Å². The third kappa shape index (κ3) is 6.64. The first-order chi connectivity index (χ1) is 11.4. The molecule has 1 N–H and O–H groups in total. The summed E-state index contributed by atoms with van der Waals surface area (Å²) in [4.78, 5) is -0.742. The number of benzene rings is 2. The Labute approximate surface area is 171 Å². The normalized spacial score (nSPS) is 11.0. The van der Waals surface area contributed by atoms with E-state index in [0.717, 1.165) is 18.9 Å². The van der Waals surface area contributed by atoms with Gasteiger partial charge in [-0.05, 0) is 36.6 Å². The van der Waals surface area contributed by atoms with Crippen molar-refractivity contribution in [3.63, 3.8) is 0 Å². The fourth-order valence-corrected chi connectivity index (χ4v) is 3.12. The topological polar surface area (TPSA) is 86.7 Å². The van der Waals surface area contributed by atoms with Crippen LogP contribution in [0.5, 0.6) is 17.2 Å². The van der Waals surface area contributed by atoms with Crippen molar-refractivity contribution in [2.75, 3.05) is 0 Å². The summed E-state index contributed by atoms with van der Waals surface area (Å²) in [5.74, 6) is -0.578. The van der Waals surface area contributed by atoms with Gasteiger partial charge in [-0.2, -0.15) is 8.42 Å². The molecule has 2 aromatic carbocycles. The smallest absolute Gasteiger partial charge is 0.871 e. The van der Waals surface area contributed by atoms with E-state index >= 15 is 0 Å². The van der Waals surface area contributed by atoms with Crippen molar-refractivity contribution < 1.29 is 52.4 Å². The zero-order valence-corrected chi connectivity index (χ0v) is 17.4. The summed E-state index contributed by atoms with van der Waals surface area (Å²) < 4.78 is 37.4. The molecule has 2 rings (SSSR count). The summed E-state index contributed by atoms with van der Waals surface area (Å²) in [7, 11) is -4.65. The Morgan fingerprint density at radius 1 is 1.04 bits per heavy atom. The zero-order valence-electron chi connectivity index (χ0n) is 14.6. The third-order valence-electron chi connectivity index (χ3n) is 3.67. The molecule has 0 spiro atoms. The van der Waals surface area contributed by atoms with E-state index in [1.165, 1.54) is 37.0 Å². The number of hydrogen-bond donors (Lipinski definition) is 1. The Kier molecular flexibility index (Phi) is 8.96. The number of ether oxygens (including phenoxy) is 1. The summed E-state index contributed by atoms with van der Waals surface area (Å²) in [6.07, 6.45) is 5.72. The molecule has 2 aromatic rings. The van der Waals surface area contributed by atoms with Gasteiger partial charge >= 0.3 is 29.6 Å². The molecule has 0 aromatic heterocycles. The fraction of sp³-hybridized carbons (Fsp3) is 0.333. The van der Waals surface area contributed by atoms with Gasteiger partial charge in [0.1, 0.15) is 16.4 Å². The summed E-state index contributed by atoms with van der Waals surface area (Å²) >= 11 is 0. The quantitative estimate of drug-likeness (QED) is 0.423. The van der Waals surface area contributed by atoms with Gasteiger partial charge in [-0.1, -0.05) is 56.2 Å². The maximum atomic E-state index is 11.7. The van der Waals surface area contributed by atoms with E-state index < -0.39 is 20.8 Å². The van der Waals surface area contributed by atoms with Crippen molar-refractivity contribution in [3.05, 3.63) is 48.0 Å². The van der Waals surface area contributed by atoms with Crippen molar-refractivity contribution in [3.8, 4) is 17.2 Å². The van der Waals surface area contributed by atoms with Gasteiger partial charge in [-0.25, -0.2) is 0 Å². The van der Waals surface area contributed by atoms with E-state index in [-0.39, 0.29) is 35.3 Å². The van der Waals surface area contributed by atoms with Crippen molar-refractivity contribution in [2.24, 2.45) is 0 Å². The maximum absolute atomic E-state index is 11.7. The number of rotatable bonds is 8. The summed E-state index contributed by atoms with van der Waals surface area (Å²) in [6, 6.07) is 11.1. The van der Waals surface area contributed by atoms with Crippen molar-refractivity contribution in [1.82, 2.24) is 0 Å². The molecule has 0 aliphatic rings. The molecule has 0 saturated heterocycles. The second-order valence-corrected chi connectivity index (χ2v) is 6.97. The minimum absolute atomic E-state index is 0. The molecular weight excluding hydrogens is 351 g/mol. The van der Waals surface area contributed by atoms with Gasteiger partial charge in [-0.15, -0.1) is 0 Å². The van der Waals surface area contributed by atoms with Crippen molar-refractivity contribution in [2.45, 2.75) is 43.9 Å². The first-order valence-corrected chi connectivity index (χ1v) is 9.40. The van der Waals surface area contributed by atoms with Gasteiger partial charge in [0.15, 0.2) is 0 Å². The monoisotopic (exact) mass is 372 g/mol. The van der Waals surface area contributed by atoms with Crippen LogP contribution in [0.15, 0.2) is 47.4 Å². The second kappa shape index (κ2) is 10.2. The first kappa shape index (κ1) is 22.0. The van der Waals surface area contributed by atoms with Crippen LogP contribution >= 0.6 is 0 Å². The van der Waals surface area contributed by atoms with Gasteiger partial charge in [0.05, 0.1) is 0 Å². The van der Waals surface area contributed by atoms with Gasteiger partial charge in [0.25, 0.3) is 10.1 Å². The van der Waals surface area contributed by atoms with Crippen molar-refractivity contribution in [1.29, 1.82) is 0 Å². The largest absolute Gasteiger partial charge is 1.00 e. The van der Waals surface area contributed by atoms with Crippen molar-refractivity contribution >= 4 is 10.1 Å². The predicted octanol–water partition coefficient (Wildman–Crippen LogP) is 0.926. The average molecular weight is 372 g/mol. The standard InChI is InChI=1S/C18H22O5S.Na/c1-2-3-4-5-7-14-10-12-15(13-11-14)23-17-9-6-8-16(19)18(17)24(20,21)22;/h6,8-13,19H,2-5,7H2,1H3,(H,20,21,22);/q;+1/p-1. The van der Waals surface area contributed by atoms with Crippen LogP contribution in [0.1, 0.15) is 38.2 Å². The molecule has 130 valence electrons. The molecule has 5 nitrogen and oxygen atoms in total. The molecule has 0 atom stereocenters. The van der Waals surface area contributed by atoms with E-state index in [2.05, 4.69) is 6.92 Å². The zero-order chi connectivity index (χ0) is 17.6. The van der Waals surface area contributed by atoms with E-state index in [9.17, 15) is 18.1 Å². The maximum Gasteiger partial charge on any atom is 1.00 e. The minimum Gasteiger partial charge on any atom is -0.871 e. The van der Waals surface area contributed by atoms with Gasteiger partial charge in [0, 0.05) is 0 Å². The van der Waals surface area contributed by atoms with Crippen LogP contribution < -0.4 is 39.4 Å². The second-order valence-electron chi connectivity index (χ2n) is 5.62. The van der Waals surface area contributed by atoms with E-state index in [1.54, 1.807) is 12.1 Å². The Hall–Kier alpha value is -1.05. The van der Waals surface area contributed by atoms with Crippen LogP contribution in [0.25, 0.3) is 0 Å². The molecule has 0 aliphatic heterocycles. The van der Waals surface area contributed by atoms with Gasteiger partial charge in [-0.3, -0.25) is 4.55 Å². The molecule has 0 saturated carbocycles. The Balaban J connectivity index is 0.00000312. The van der Waals surface area contributed by atoms with Crippen LogP contribution in [0.3, 0.4) is 0 Å². The molecule has 7 heteroatoms. The number of aryl methyl sites for hydroxylation is 1. The molecule has 0 aliphatic carbocycles. The van der Waals surface area contributed by atoms with Crippen LogP contribution in [0.4, 0.5) is 0 Å². The molecule has 0 bridgehead atoms. The summed E-state index contributed by atoms with van der Waals surface area (Å²) in [5.41, 5.74) is 1.17. The molecule has 0 heterocycles. The molecule has 25 heavy (non-hydrogen) atoms. The average Bonchev–Trinajstić information content (AvgIpc) is 2.52. The first-order valence-electron chi connectivity index (χ1n) is 7.96. The minimum atomic E-state index is -4.65. The van der Waals surface area contributed by atoms with Crippen LogP contribution in [0, 0.1) is 0 Å². The van der Waals surface area contributed by atoms with Crippen LogP contribution in [-0.4, -0.2) is 13.0 Å². The van der Waals surface area contributed by atoms with E-state index in [4.69, 9.17) is 4.74 Å². The van der Waals surface area contributed by atoms with E-state index in [0.29, 0.717) is 5.75 Å². The molecule has 0 radical (unpaired) electrons. The Morgan fingerprint density at radius 2 is 1.72 bits per heavy atom. The van der Waals surface area contributed by atoms with Crippen LogP contribution in [0.2, 0.25) is 0 Å². The third-order valence-corrected chi connectivity index (χ3v) is 4.59. The molecule has 0 fully saturated rings. The predicted molar refractivity (Wildman–Crippen MR) is 90.1 cm³/mol. The van der Waals surface area contributed by atoms with Crippen LogP contribution in [-0.2, 0) is 16.5 Å². The number of hydrogen-bond acceptors (Lipinski definition) is 4. The molecular formula is C18H21NaO5S. The summed E-state index contributed by atoms with van der Waals surface area (Å²) in [5, 5.41) is 11.7.